The largest absolute Gasteiger partial charge is 0.333 e. The van der Waals surface area contributed by atoms with Gasteiger partial charge in [-0.25, -0.2) is 4.39 Å². The van der Waals surface area contributed by atoms with E-state index in [0.29, 0.717) is 11.3 Å². The maximum atomic E-state index is 14.5. The van der Waals surface area contributed by atoms with Crippen LogP contribution in [-0.4, -0.2) is 32.0 Å². The highest BCUT2D eigenvalue weighted by molar-refractivity contribution is 5.94. The smallest absolute Gasteiger partial charge is 0.133 e. The molecule has 0 unspecified atom stereocenters. The molecule has 0 aliphatic heterocycles. The van der Waals surface area contributed by atoms with Crippen LogP contribution in [0, 0.1) is 19.7 Å². The van der Waals surface area contributed by atoms with Crippen molar-refractivity contribution < 1.29 is 4.39 Å². The van der Waals surface area contributed by atoms with Crippen molar-refractivity contribution in [3.63, 3.8) is 0 Å². The molecule has 1 aromatic carbocycles. The van der Waals surface area contributed by atoms with Crippen molar-refractivity contribution in [3.8, 4) is 22.5 Å². The minimum Gasteiger partial charge on any atom is -0.333 e. The second-order valence-corrected chi connectivity index (χ2v) is 6.21. The van der Waals surface area contributed by atoms with Gasteiger partial charge in [-0.1, -0.05) is 6.07 Å². The van der Waals surface area contributed by atoms with E-state index in [1.54, 1.807) is 12.4 Å². The minimum atomic E-state index is -0.256. The predicted octanol–water partition coefficient (Wildman–Crippen LogP) is 3.84. The van der Waals surface area contributed by atoms with E-state index in [-0.39, 0.29) is 5.82 Å². The Morgan fingerprint density at radius 2 is 1.93 bits per heavy atom. The second-order valence-electron chi connectivity index (χ2n) is 6.21. The van der Waals surface area contributed by atoms with Crippen LogP contribution in [0.1, 0.15) is 18.1 Å². The van der Waals surface area contributed by atoms with Gasteiger partial charge in [-0.05, 0) is 51.1 Å². The van der Waals surface area contributed by atoms with Gasteiger partial charge in [0.15, 0.2) is 0 Å². The molecule has 0 aliphatic rings. The Morgan fingerprint density at radius 1 is 1.15 bits per heavy atom. The van der Waals surface area contributed by atoms with Gasteiger partial charge in [0.05, 0.1) is 23.6 Å². The molecule has 4 aromatic rings. The number of nitrogens with zero attached hydrogens (tertiary/aromatic N) is 4. The monoisotopic (exact) mass is 366 g/mol. The van der Waals surface area contributed by atoms with Gasteiger partial charge in [-0.2, -0.15) is 10.2 Å². The number of nitrogens with one attached hydrogen (secondary N) is 1. The lowest BCUT2D eigenvalue weighted by molar-refractivity contribution is 0.628. The highest BCUT2D eigenvalue weighted by Gasteiger charge is 2.15. The molecule has 3 aromatic heterocycles. The molecule has 3 N–H and O–H groups in total. The van der Waals surface area contributed by atoms with Crippen LogP contribution in [0.5, 0.6) is 0 Å². The van der Waals surface area contributed by atoms with E-state index >= 15 is 0 Å². The SMILES string of the molecule is CCn1cc(-c2n[nH]c3cnc(-c4c(C)cc(C)cc4F)cc23)cn1.CN. The minimum absolute atomic E-state index is 0.256. The summed E-state index contributed by atoms with van der Waals surface area (Å²) >= 11 is 0. The first kappa shape index (κ1) is 18.7. The van der Waals surface area contributed by atoms with Gasteiger partial charge in [0.1, 0.15) is 11.5 Å². The van der Waals surface area contributed by atoms with E-state index in [2.05, 4.69) is 26.0 Å². The number of aromatic nitrogens is 5. The molecule has 27 heavy (non-hydrogen) atoms. The first-order valence-corrected chi connectivity index (χ1v) is 8.78. The zero-order valence-electron chi connectivity index (χ0n) is 15.9. The van der Waals surface area contributed by atoms with Crippen LogP contribution in [-0.2, 0) is 6.54 Å². The molecule has 7 heteroatoms. The normalized spacial score (nSPS) is 10.7. The van der Waals surface area contributed by atoms with E-state index in [9.17, 15) is 4.39 Å². The molecule has 0 fully saturated rings. The molecule has 0 bridgehead atoms. The second kappa shape index (κ2) is 7.67. The van der Waals surface area contributed by atoms with Gasteiger partial charge in [-0.3, -0.25) is 14.8 Å². The van der Waals surface area contributed by atoms with E-state index < -0.39 is 0 Å². The van der Waals surface area contributed by atoms with Gasteiger partial charge in [0.2, 0.25) is 0 Å². The van der Waals surface area contributed by atoms with E-state index in [1.807, 2.05) is 43.8 Å². The van der Waals surface area contributed by atoms with Crippen LogP contribution in [0.4, 0.5) is 4.39 Å². The fourth-order valence-corrected chi connectivity index (χ4v) is 3.17. The summed E-state index contributed by atoms with van der Waals surface area (Å²) in [6.07, 6.45) is 5.44. The summed E-state index contributed by atoms with van der Waals surface area (Å²) in [5.41, 5.74) is 9.93. The molecule has 0 aliphatic carbocycles. The molecular formula is C20H23FN6. The summed E-state index contributed by atoms with van der Waals surface area (Å²) in [5.74, 6) is -0.256. The average molecular weight is 366 g/mol. The van der Waals surface area contributed by atoms with Crippen LogP contribution in [0.2, 0.25) is 0 Å². The van der Waals surface area contributed by atoms with Crippen LogP contribution < -0.4 is 5.73 Å². The number of pyridine rings is 1. The zero-order chi connectivity index (χ0) is 19.6. The van der Waals surface area contributed by atoms with Crippen LogP contribution in [0.3, 0.4) is 0 Å². The third kappa shape index (κ3) is 3.46. The van der Waals surface area contributed by atoms with Crippen molar-refractivity contribution in [2.24, 2.45) is 5.73 Å². The molecule has 140 valence electrons. The molecule has 0 atom stereocenters. The van der Waals surface area contributed by atoms with Crippen molar-refractivity contribution in [1.29, 1.82) is 0 Å². The number of fused-ring (bicyclic) bond motifs is 1. The van der Waals surface area contributed by atoms with Crippen molar-refractivity contribution in [2.75, 3.05) is 7.05 Å². The maximum Gasteiger partial charge on any atom is 0.133 e. The number of aryl methyl sites for hydroxylation is 3. The number of rotatable bonds is 3. The highest BCUT2D eigenvalue weighted by atomic mass is 19.1. The molecule has 6 nitrogen and oxygen atoms in total. The fourth-order valence-electron chi connectivity index (χ4n) is 3.17. The van der Waals surface area contributed by atoms with Crippen molar-refractivity contribution in [3.05, 3.63) is 53.7 Å². The number of benzene rings is 1. The lowest BCUT2D eigenvalue weighted by Crippen LogP contribution is -1.93. The Hall–Kier alpha value is -3.06. The van der Waals surface area contributed by atoms with E-state index in [4.69, 9.17) is 0 Å². The zero-order valence-corrected chi connectivity index (χ0v) is 15.9. The molecule has 0 saturated carbocycles. The fraction of sp³-hybridized carbons (Fsp3) is 0.250. The van der Waals surface area contributed by atoms with Gasteiger partial charge < -0.3 is 5.73 Å². The Balaban J connectivity index is 0.00000102. The van der Waals surface area contributed by atoms with Crippen molar-refractivity contribution >= 4 is 10.9 Å². The summed E-state index contributed by atoms with van der Waals surface area (Å²) < 4.78 is 16.4. The maximum absolute atomic E-state index is 14.5. The Kier molecular flexibility index (Phi) is 5.32. The summed E-state index contributed by atoms with van der Waals surface area (Å²) in [6.45, 7) is 6.61. The van der Waals surface area contributed by atoms with E-state index in [1.165, 1.54) is 13.1 Å². The molecule has 4 rings (SSSR count). The number of hydrogen-bond donors (Lipinski definition) is 2. The Morgan fingerprint density at radius 3 is 2.59 bits per heavy atom. The highest BCUT2D eigenvalue weighted by Crippen LogP contribution is 2.31. The van der Waals surface area contributed by atoms with Gasteiger partial charge in [0.25, 0.3) is 0 Å². The predicted molar refractivity (Wildman–Crippen MR) is 106 cm³/mol. The lowest BCUT2D eigenvalue weighted by atomic mass is 10.0. The number of hydrogen-bond acceptors (Lipinski definition) is 4. The Labute approximate surface area is 157 Å². The van der Waals surface area contributed by atoms with Crippen molar-refractivity contribution in [1.82, 2.24) is 25.0 Å². The lowest BCUT2D eigenvalue weighted by Gasteiger charge is -2.08. The molecule has 0 amide bonds. The quantitative estimate of drug-likeness (QED) is 0.577. The van der Waals surface area contributed by atoms with Crippen LogP contribution >= 0.6 is 0 Å². The number of halogens is 1. The molecule has 0 saturated heterocycles. The van der Waals surface area contributed by atoms with Crippen molar-refractivity contribution in [2.45, 2.75) is 27.3 Å². The Bertz CT molecular complexity index is 1060. The average Bonchev–Trinajstić information content (AvgIpc) is 3.28. The molecule has 0 spiro atoms. The molecule has 0 radical (unpaired) electrons. The van der Waals surface area contributed by atoms with Gasteiger partial charge in [-0.15, -0.1) is 0 Å². The van der Waals surface area contributed by atoms with Gasteiger partial charge >= 0.3 is 0 Å². The molecular weight excluding hydrogens is 343 g/mol. The van der Waals surface area contributed by atoms with E-state index in [0.717, 1.165) is 39.8 Å². The van der Waals surface area contributed by atoms with Crippen LogP contribution in [0.15, 0.2) is 36.8 Å². The third-order valence-electron chi connectivity index (χ3n) is 4.37. The first-order chi connectivity index (χ1) is 13.1. The third-order valence-corrected chi connectivity index (χ3v) is 4.37. The van der Waals surface area contributed by atoms with Crippen LogP contribution in [0.25, 0.3) is 33.4 Å². The summed E-state index contributed by atoms with van der Waals surface area (Å²) in [4.78, 5) is 4.42. The molecule has 3 heterocycles. The topological polar surface area (TPSA) is 85.4 Å². The number of H-pyrrole nitrogens is 1. The standard InChI is InChI=1S/C19H18FN5.CH5N/c1-4-25-10-13(8-22-25)19-14-7-16(21-9-17(14)23-24-19)18-12(3)5-11(2)6-15(18)20;1-2/h5-10H,4H2,1-3H3,(H,23,24);2H2,1H3. The first-order valence-electron chi connectivity index (χ1n) is 8.78. The van der Waals surface area contributed by atoms with Gasteiger partial charge in [0, 0.05) is 29.3 Å². The summed E-state index contributed by atoms with van der Waals surface area (Å²) in [7, 11) is 1.50. The number of nitrogens with two attached hydrogens (primary N) is 1. The number of aromatic amines is 1. The summed E-state index contributed by atoms with van der Waals surface area (Å²) in [6, 6.07) is 5.39. The summed E-state index contributed by atoms with van der Waals surface area (Å²) in [5, 5.41) is 12.6.